The van der Waals surface area contributed by atoms with Gasteiger partial charge in [0.1, 0.15) is 5.75 Å². The number of anilines is 1. The third-order valence-electron chi connectivity index (χ3n) is 1.42. The highest BCUT2D eigenvalue weighted by atomic mass is 35.5. The molecule has 0 amide bonds. The maximum Gasteiger partial charge on any atom is 0.115 e. The molecule has 0 aliphatic heterocycles. The van der Waals surface area contributed by atoms with Crippen LogP contribution in [0.3, 0.4) is 0 Å². The van der Waals surface area contributed by atoms with E-state index in [2.05, 4.69) is 0 Å². The Morgan fingerprint density at radius 1 is 1.62 bits per heavy atom. The first kappa shape index (κ1) is 10.0. The highest BCUT2D eigenvalue weighted by Crippen LogP contribution is 2.25. The zero-order valence-electron chi connectivity index (χ0n) is 6.66. The van der Waals surface area contributed by atoms with Crippen molar-refractivity contribution in [3.63, 3.8) is 0 Å². The largest absolute Gasteiger partial charge is 0.398 e. The van der Waals surface area contributed by atoms with Gasteiger partial charge < -0.3 is 5.73 Å². The van der Waals surface area contributed by atoms with Crippen LogP contribution >= 0.6 is 11.6 Å². The van der Waals surface area contributed by atoms with Gasteiger partial charge in [-0.1, -0.05) is 17.7 Å². The molecule has 1 atom stereocenters. The molecule has 0 fully saturated rings. The lowest BCUT2D eigenvalue weighted by atomic mass is 10.3. The Balaban J connectivity index is 3.14. The van der Waals surface area contributed by atoms with Crippen LogP contribution < -0.4 is 5.73 Å². The summed E-state index contributed by atoms with van der Waals surface area (Å²) in [4.78, 5) is 0.353. The van der Waals surface area contributed by atoms with Crippen LogP contribution in [0.4, 0.5) is 5.69 Å². The van der Waals surface area contributed by atoms with Crippen LogP contribution in [-0.2, 0) is 10.8 Å². The minimum Gasteiger partial charge on any atom is -0.398 e. The molecule has 0 saturated heterocycles. The molecule has 3 nitrogen and oxygen atoms in total. The van der Waals surface area contributed by atoms with Gasteiger partial charge in [0.05, 0.1) is 26.8 Å². The van der Waals surface area contributed by atoms with E-state index >= 15 is 0 Å². The second-order valence-corrected chi connectivity index (χ2v) is 4.10. The van der Waals surface area contributed by atoms with Crippen molar-refractivity contribution in [1.29, 1.82) is 5.26 Å². The summed E-state index contributed by atoms with van der Waals surface area (Å²) in [5, 5.41) is 8.69. The fraction of sp³-hybridized carbons (Fsp3) is 0.125. The van der Waals surface area contributed by atoms with Crippen molar-refractivity contribution in [1.82, 2.24) is 0 Å². The Bertz CT molecular complexity index is 366. The van der Waals surface area contributed by atoms with Gasteiger partial charge in [-0.2, -0.15) is 5.26 Å². The molecule has 13 heavy (non-hydrogen) atoms. The number of nitriles is 1. The van der Waals surface area contributed by atoms with Crippen molar-refractivity contribution in [3.05, 3.63) is 23.2 Å². The van der Waals surface area contributed by atoms with Gasteiger partial charge in [0.25, 0.3) is 0 Å². The molecule has 0 saturated carbocycles. The standard InChI is InChI=1S/C8H7ClN2OS/c9-6-2-1-3-7(11)8(6)13(12)5-4-10/h1-3H,5,11H2. The van der Waals surface area contributed by atoms with Crippen LogP contribution in [0.2, 0.25) is 5.02 Å². The molecule has 0 aliphatic carbocycles. The number of nitrogen functional groups attached to an aromatic ring is 1. The van der Waals surface area contributed by atoms with E-state index < -0.39 is 10.8 Å². The van der Waals surface area contributed by atoms with E-state index in [4.69, 9.17) is 22.6 Å². The monoisotopic (exact) mass is 214 g/mol. The molecule has 0 aromatic heterocycles. The molecule has 5 heteroatoms. The third kappa shape index (κ3) is 2.20. The van der Waals surface area contributed by atoms with E-state index in [0.29, 0.717) is 15.6 Å². The van der Waals surface area contributed by atoms with Crippen molar-refractivity contribution in [3.8, 4) is 6.07 Å². The zero-order valence-corrected chi connectivity index (χ0v) is 8.23. The van der Waals surface area contributed by atoms with Gasteiger partial charge in [-0.15, -0.1) is 0 Å². The van der Waals surface area contributed by atoms with Gasteiger partial charge in [0.15, 0.2) is 0 Å². The Labute approximate surface area is 83.6 Å². The Morgan fingerprint density at radius 2 is 2.31 bits per heavy atom. The van der Waals surface area contributed by atoms with Crippen LogP contribution in [0.5, 0.6) is 0 Å². The van der Waals surface area contributed by atoms with E-state index in [0.717, 1.165) is 0 Å². The summed E-state index contributed by atoms with van der Waals surface area (Å²) < 4.78 is 11.4. The van der Waals surface area contributed by atoms with Crippen LogP contribution in [-0.4, -0.2) is 9.96 Å². The summed E-state index contributed by atoms with van der Waals surface area (Å²) in [5.74, 6) is -0.0894. The van der Waals surface area contributed by atoms with Crippen molar-refractivity contribution < 1.29 is 4.21 Å². The van der Waals surface area contributed by atoms with Gasteiger partial charge in [-0.3, -0.25) is 4.21 Å². The van der Waals surface area contributed by atoms with E-state index in [1.807, 2.05) is 0 Å². The maximum absolute atomic E-state index is 11.4. The molecule has 1 aromatic rings. The number of nitrogens with two attached hydrogens (primary N) is 1. The predicted octanol–water partition coefficient (Wildman–Crippen LogP) is 1.55. The summed E-state index contributed by atoms with van der Waals surface area (Å²) in [7, 11) is -1.42. The molecule has 1 unspecified atom stereocenters. The second kappa shape index (κ2) is 4.26. The van der Waals surface area contributed by atoms with E-state index in [1.54, 1.807) is 24.3 Å². The average molecular weight is 215 g/mol. The van der Waals surface area contributed by atoms with Crippen molar-refractivity contribution in [2.75, 3.05) is 11.5 Å². The van der Waals surface area contributed by atoms with Crippen LogP contribution in [0.15, 0.2) is 23.1 Å². The molecule has 1 rings (SSSR count). The lowest BCUT2D eigenvalue weighted by molar-refractivity contribution is 0.685. The van der Waals surface area contributed by atoms with E-state index in [9.17, 15) is 4.21 Å². The van der Waals surface area contributed by atoms with Crippen molar-refractivity contribution >= 4 is 28.1 Å². The molecule has 0 radical (unpaired) electrons. The minimum atomic E-state index is -1.42. The summed E-state index contributed by atoms with van der Waals surface area (Å²) in [6, 6.07) is 6.68. The number of nitrogens with zero attached hydrogens (tertiary/aromatic N) is 1. The number of benzene rings is 1. The lowest BCUT2D eigenvalue weighted by Gasteiger charge is -2.04. The van der Waals surface area contributed by atoms with Gasteiger partial charge in [0, 0.05) is 5.69 Å². The summed E-state index contributed by atoms with van der Waals surface area (Å²) in [5.41, 5.74) is 5.93. The molecule has 0 heterocycles. The Morgan fingerprint density at radius 3 is 2.85 bits per heavy atom. The number of rotatable bonds is 2. The molecule has 1 aromatic carbocycles. The first-order chi connectivity index (χ1) is 6.16. The Hall–Kier alpha value is -1.05. The lowest BCUT2D eigenvalue weighted by Crippen LogP contribution is -2.01. The second-order valence-electron chi connectivity index (χ2n) is 2.31. The third-order valence-corrected chi connectivity index (χ3v) is 3.15. The molecule has 68 valence electrons. The van der Waals surface area contributed by atoms with Crippen molar-refractivity contribution in [2.45, 2.75) is 4.90 Å². The predicted molar refractivity (Wildman–Crippen MR) is 52.8 cm³/mol. The smallest absolute Gasteiger partial charge is 0.115 e. The first-order valence-corrected chi connectivity index (χ1v) is 5.16. The van der Waals surface area contributed by atoms with E-state index in [1.165, 1.54) is 0 Å². The summed E-state index contributed by atoms with van der Waals surface area (Å²) in [6.45, 7) is 0. The van der Waals surface area contributed by atoms with Gasteiger partial charge in [-0.05, 0) is 12.1 Å². The molecule has 0 aliphatic rings. The zero-order chi connectivity index (χ0) is 9.84. The normalized spacial score (nSPS) is 12.0. The highest BCUT2D eigenvalue weighted by Gasteiger charge is 2.11. The maximum atomic E-state index is 11.4. The van der Waals surface area contributed by atoms with Gasteiger partial charge in [-0.25, -0.2) is 0 Å². The van der Waals surface area contributed by atoms with Crippen LogP contribution in [0.25, 0.3) is 0 Å². The quantitative estimate of drug-likeness (QED) is 0.760. The van der Waals surface area contributed by atoms with E-state index in [-0.39, 0.29) is 5.75 Å². The molecule has 0 bridgehead atoms. The fourth-order valence-corrected chi connectivity index (χ4v) is 2.21. The SMILES string of the molecule is N#CCS(=O)c1c(N)cccc1Cl. The summed E-state index contributed by atoms with van der Waals surface area (Å²) >= 11 is 5.78. The van der Waals surface area contributed by atoms with Crippen LogP contribution in [0.1, 0.15) is 0 Å². The number of halogens is 1. The van der Waals surface area contributed by atoms with Gasteiger partial charge >= 0.3 is 0 Å². The molecule has 0 spiro atoms. The molecular formula is C8H7ClN2OS. The molecule has 2 N–H and O–H groups in total. The minimum absolute atomic E-state index is 0.0894. The Kier molecular flexibility index (Phi) is 3.29. The van der Waals surface area contributed by atoms with Crippen molar-refractivity contribution in [2.24, 2.45) is 0 Å². The van der Waals surface area contributed by atoms with Crippen LogP contribution in [0, 0.1) is 11.3 Å². The summed E-state index contributed by atoms with van der Waals surface area (Å²) in [6.07, 6.45) is 0. The topological polar surface area (TPSA) is 66.9 Å². The molecular weight excluding hydrogens is 208 g/mol. The number of hydrogen-bond acceptors (Lipinski definition) is 3. The first-order valence-electron chi connectivity index (χ1n) is 3.46. The van der Waals surface area contributed by atoms with Gasteiger partial charge in [0.2, 0.25) is 0 Å². The number of hydrogen-bond donors (Lipinski definition) is 1. The fourth-order valence-electron chi connectivity index (χ4n) is 0.897. The highest BCUT2D eigenvalue weighted by molar-refractivity contribution is 7.85. The average Bonchev–Trinajstić information content (AvgIpc) is 2.04.